The van der Waals surface area contributed by atoms with Crippen molar-refractivity contribution in [2.45, 2.75) is 31.7 Å². The summed E-state index contributed by atoms with van der Waals surface area (Å²) in [6.07, 6.45) is 7.23. The highest BCUT2D eigenvalue weighted by atomic mass is 32.2. The summed E-state index contributed by atoms with van der Waals surface area (Å²) in [6, 6.07) is 2.30. The van der Waals surface area contributed by atoms with E-state index in [4.69, 9.17) is 4.74 Å². The summed E-state index contributed by atoms with van der Waals surface area (Å²) in [6.45, 7) is 2.72. The van der Waals surface area contributed by atoms with Crippen LogP contribution in [0.4, 0.5) is 5.82 Å². The summed E-state index contributed by atoms with van der Waals surface area (Å²) in [4.78, 5) is 14.0. The zero-order valence-electron chi connectivity index (χ0n) is 16.2. The lowest BCUT2D eigenvalue weighted by Crippen LogP contribution is -2.56. The number of sulfonamides is 1. The normalized spacial score (nSPS) is 27.5. The smallest absolute Gasteiger partial charge is 0.214 e. The number of rotatable bonds is 5. The fourth-order valence-corrected chi connectivity index (χ4v) is 6.85. The summed E-state index contributed by atoms with van der Waals surface area (Å²) in [7, 11) is -1.16. The van der Waals surface area contributed by atoms with Gasteiger partial charge in [0.15, 0.2) is 0 Å². The molecule has 152 valence electrons. The van der Waals surface area contributed by atoms with Crippen LogP contribution in [0.3, 0.4) is 0 Å². The molecule has 4 heterocycles. The maximum Gasteiger partial charge on any atom is 0.214 e. The van der Waals surface area contributed by atoms with Gasteiger partial charge in [0.2, 0.25) is 10.0 Å². The molecule has 0 amide bonds. The number of nitrogens with one attached hydrogen (secondary N) is 1. The van der Waals surface area contributed by atoms with E-state index in [1.54, 1.807) is 10.6 Å². The molecule has 0 atom stereocenters. The molecule has 2 aromatic rings. The van der Waals surface area contributed by atoms with Crippen molar-refractivity contribution in [3.63, 3.8) is 0 Å². The van der Waals surface area contributed by atoms with Gasteiger partial charge in [-0.05, 0) is 37.7 Å². The third-order valence-electron chi connectivity index (χ3n) is 6.71. The molecule has 0 unspecified atom stereocenters. The van der Waals surface area contributed by atoms with Crippen molar-refractivity contribution in [2.75, 3.05) is 44.0 Å². The Kier molecular flexibility index (Phi) is 4.37. The van der Waals surface area contributed by atoms with E-state index >= 15 is 0 Å². The van der Waals surface area contributed by atoms with E-state index < -0.39 is 10.0 Å². The van der Waals surface area contributed by atoms with Crippen molar-refractivity contribution >= 4 is 26.9 Å². The van der Waals surface area contributed by atoms with Gasteiger partial charge in [0.1, 0.15) is 17.8 Å². The highest BCUT2D eigenvalue weighted by molar-refractivity contribution is 7.89. The van der Waals surface area contributed by atoms with Gasteiger partial charge in [-0.1, -0.05) is 0 Å². The maximum atomic E-state index is 12.9. The number of hydrogen-bond acceptors (Lipinski definition) is 6. The minimum atomic E-state index is -3.20. The third-order valence-corrected chi connectivity index (χ3v) is 8.70. The number of anilines is 1. The molecule has 3 fully saturated rings. The first kappa shape index (κ1) is 18.3. The van der Waals surface area contributed by atoms with Crippen LogP contribution in [0.2, 0.25) is 0 Å². The van der Waals surface area contributed by atoms with Gasteiger partial charge >= 0.3 is 0 Å². The number of aromatic nitrogens is 3. The van der Waals surface area contributed by atoms with E-state index in [-0.39, 0.29) is 17.1 Å². The molecule has 0 aromatic carbocycles. The van der Waals surface area contributed by atoms with Gasteiger partial charge < -0.3 is 14.6 Å². The molecule has 28 heavy (non-hydrogen) atoms. The van der Waals surface area contributed by atoms with Crippen molar-refractivity contribution in [2.24, 2.45) is 11.3 Å². The van der Waals surface area contributed by atoms with Gasteiger partial charge in [0.25, 0.3) is 0 Å². The Morgan fingerprint density at radius 3 is 2.93 bits per heavy atom. The second kappa shape index (κ2) is 6.67. The van der Waals surface area contributed by atoms with Gasteiger partial charge in [-0.15, -0.1) is 0 Å². The van der Waals surface area contributed by atoms with Crippen LogP contribution in [-0.4, -0.2) is 72.8 Å². The van der Waals surface area contributed by atoms with Crippen molar-refractivity contribution in [1.82, 2.24) is 19.3 Å². The predicted molar refractivity (Wildman–Crippen MR) is 107 cm³/mol. The Hall–Kier alpha value is -1.71. The molecule has 1 spiro atoms. The minimum Gasteiger partial charge on any atom is -0.380 e. The number of aromatic amines is 1. The largest absolute Gasteiger partial charge is 0.380 e. The van der Waals surface area contributed by atoms with Crippen molar-refractivity contribution < 1.29 is 13.2 Å². The SMILES string of the molecule is CN(c1ncnc2[nH]ccc12)C1CC(CS(=O)(=O)N2CCCC3(COC3)C2)C1. The molecule has 1 aliphatic carbocycles. The lowest BCUT2D eigenvalue weighted by molar-refractivity contribution is -0.133. The molecular formula is C19H27N5O3S. The molecule has 2 aliphatic heterocycles. The van der Waals surface area contributed by atoms with Crippen LogP contribution in [0.5, 0.6) is 0 Å². The number of fused-ring (bicyclic) bond motifs is 1. The summed E-state index contributed by atoms with van der Waals surface area (Å²) in [5.41, 5.74) is 0.914. The monoisotopic (exact) mass is 405 g/mol. The van der Waals surface area contributed by atoms with E-state index in [0.29, 0.717) is 32.3 Å². The lowest BCUT2D eigenvalue weighted by Gasteiger charge is -2.48. The minimum absolute atomic E-state index is 0.0859. The Morgan fingerprint density at radius 2 is 2.18 bits per heavy atom. The Morgan fingerprint density at radius 1 is 1.36 bits per heavy atom. The van der Waals surface area contributed by atoms with Gasteiger partial charge in [-0.2, -0.15) is 0 Å². The average molecular weight is 406 g/mol. The van der Waals surface area contributed by atoms with E-state index in [0.717, 1.165) is 42.5 Å². The molecular weight excluding hydrogens is 378 g/mol. The summed E-state index contributed by atoms with van der Waals surface area (Å²) < 4.78 is 33.0. The van der Waals surface area contributed by atoms with Crippen LogP contribution in [0.25, 0.3) is 11.0 Å². The molecule has 3 aliphatic rings. The first-order chi connectivity index (χ1) is 13.5. The summed E-state index contributed by atoms with van der Waals surface area (Å²) in [5.74, 6) is 1.38. The van der Waals surface area contributed by atoms with Crippen LogP contribution in [-0.2, 0) is 14.8 Å². The first-order valence-corrected chi connectivity index (χ1v) is 11.6. The maximum absolute atomic E-state index is 12.9. The highest BCUT2D eigenvalue weighted by Crippen LogP contribution is 2.40. The molecule has 0 bridgehead atoms. The second-order valence-electron chi connectivity index (χ2n) is 8.75. The Labute approximate surface area is 165 Å². The van der Waals surface area contributed by atoms with Crippen molar-refractivity contribution in [1.29, 1.82) is 0 Å². The Bertz CT molecular complexity index is 965. The first-order valence-electron chi connectivity index (χ1n) is 10.0. The van der Waals surface area contributed by atoms with E-state index in [1.165, 1.54) is 0 Å². The molecule has 2 aromatic heterocycles. The number of H-pyrrole nitrogens is 1. The van der Waals surface area contributed by atoms with Crippen LogP contribution in [0.1, 0.15) is 25.7 Å². The second-order valence-corrected chi connectivity index (χ2v) is 10.8. The Balaban J connectivity index is 1.20. The molecule has 0 radical (unpaired) electrons. The fourth-order valence-electron chi connectivity index (χ4n) is 4.90. The van der Waals surface area contributed by atoms with Crippen LogP contribution in [0, 0.1) is 11.3 Å². The number of nitrogens with zero attached hydrogens (tertiary/aromatic N) is 4. The van der Waals surface area contributed by atoms with Gasteiger partial charge in [-0.3, -0.25) is 0 Å². The summed E-state index contributed by atoms with van der Waals surface area (Å²) in [5, 5.41) is 1.00. The zero-order chi connectivity index (χ0) is 19.4. The molecule has 5 rings (SSSR count). The molecule has 8 nitrogen and oxygen atoms in total. The molecule has 2 saturated heterocycles. The van der Waals surface area contributed by atoms with E-state index in [9.17, 15) is 8.42 Å². The van der Waals surface area contributed by atoms with Crippen LogP contribution >= 0.6 is 0 Å². The number of hydrogen-bond donors (Lipinski definition) is 1. The zero-order valence-corrected chi connectivity index (χ0v) is 17.0. The van der Waals surface area contributed by atoms with Crippen LogP contribution < -0.4 is 4.90 Å². The molecule has 1 saturated carbocycles. The topological polar surface area (TPSA) is 91.4 Å². The lowest BCUT2D eigenvalue weighted by atomic mass is 9.79. The number of piperidine rings is 1. The van der Waals surface area contributed by atoms with E-state index in [2.05, 4.69) is 19.9 Å². The van der Waals surface area contributed by atoms with Crippen molar-refractivity contribution in [3.05, 3.63) is 18.6 Å². The van der Waals surface area contributed by atoms with Gasteiger partial charge in [0.05, 0.1) is 24.4 Å². The van der Waals surface area contributed by atoms with Gasteiger partial charge in [0, 0.05) is 37.8 Å². The van der Waals surface area contributed by atoms with Crippen LogP contribution in [0.15, 0.2) is 18.6 Å². The molecule has 9 heteroatoms. The standard InChI is InChI=1S/C19H27N5O3S/c1-23(18-16-3-5-20-17(16)21-13-22-18)15-7-14(8-15)9-28(25,26)24-6-2-4-19(10-24)11-27-12-19/h3,5,13-15H,2,4,6-12H2,1H3,(H,20,21,22). The summed E-state index contributed by atoms with van der Waals surface area (Å²) >= 11 is 0. The van der Waals surface area contributed by atoms with Crippen molar-refractivity contribution in [3.8, 4) is 0 Å². The highest BCUT2D eigenvalue weighted by Gasteiger charge is 2.46. The predicted octanol–water partition coefficient (Wildman–Crippen LogP) is 1.61. The quantitative estimate of drug-likeness (QED) is 0.813. The third kappa shape index (κ3) is 3.09. The molecule has 1 N–H and O–H groups in total. The van der Waals surface area contributed by atoms with Gasteiger partial charge in [-0.25, -0.2) is 22.7 Å². The van der Waals surface area contributed by atoms with E-state index in [1.807, 2.05) is 19.3 Å². The number of ether oxygens (including phenoxy) is 1. The fraction of sp³-hybridized carbons (Fsp3) is 0.684. The average Bonchev–Trinajstić information content (AvgIpc) is 3.11.